The summed E-state index contributed by atoms with van der Waals surface area (Å²) in [6.07, 6.45) is 42.7. The minimum absolute atomic E-state index is 0.0473. The van der Waals surface area contributed by atoms with Gasteiger partial charge in [0, 0.05) is 25.7 Å². The quantitative estimate of drug-likeness (QED) is 0.0496. The molecule has 6 heteroatoms. The number of fused-ring (bicyclic) bond motifs is 5. The van der Waals surface area contributed by atoms with Gasteiger partial charge in [0.15, 0.2) is 0 Å². The van der Waals surface area contributed by atoms with Crippen molar-refractivity contribution in [1.82, 2.24) is 4.90 Å². The Labute approximate surface area is 389 Å². The van der Waals surface area contributed by atoms with Crippen LogP contribution in [0.2, 0.25) is 0 Å². The van der Waals surface area contributed by atoms with Crippen molar-refractivity contribution in [2.75, 3.05) is 65.9 Å². The molecule has 4 fully saturated rings. The third kappa shape index (κ3) is 16.9. The van der Waals surface area contributed by atoms with Gasteiger partial charge in [-0.3, -0.25) is 4.90 Å². The molecule has 0 amide bonds. The van der Waals surface area contributed by atoms with Crippen molar-refractivity contribution in [2.24, 2.45) is 46.3 Å². The van der Waals surface area contributed by atoms with E-state index in [4.69, 9.17) is 23.7 Å². The highest BCUT2D eigenvalue weighted by molar-refractivity contribution is 5.25. The summed E-state index contributed by atoms with van der Waals surface area (Å²) in [6, 6.07) is 0.408. The summed E-state index contributed by atoms with van der Waals surface area (Å²) >= 11 is 0. The molecule has 10 atom stereocenters. The number of ether oxygens (including phenoxy) is 5. The highest BCUT2D eigenvalue weighted by Crippen LogP contribution is 2.67. The van der Waals surface area contributed by atoms with E-state index in [-0.39, 0.29) is 6.10 Å². The van der Waals surface area contributed by atoms with Crippen LogP contribution in [0.3, 0.4) is 0 Å². The Hall–Kier alpha value is -1.02. The first-order valence-electron chi connectivity index (χ1n) is 27.4. The van der Waals surface area contributed by atoms with Gasteiger partial charge in [0.2, 0.25) is 0 Å². The molecular formula is C57H101NO5. The van der Waals surface area contributed by atoms with Crippen molar-refractivity contribution in [3.8, 4) is 0 Å². The van der Waals surface area contributed by atoms with Crippen molar-refractivity contribution >= 4 is 0 Å². The predicted molar refractivity (Wildman–Crippen MR) is 265 cm³/mol. The summed E-state index contributed by atoms with van der Waals surface area (Å²) in [5, 5.41) is 0. The van der Waals surface area contributed by atoms with Gasteiger partial charge in [0.25, 0.3) is 0 Å². The van der Waals surface area contributed by atoms with Crippen LogP contribution in [-0.2, 0) is 23.7 Å². The van der Waals surface area contributed by atoms with E-state index >= 15 is 0 Å². The summed E-state index contributed by atoms with van der Waals surface area (Å²) < 4.78 is 31.0. The zero-order chi connectivity index (χ0) is 44.8. The number of hydrogen-bond donors (Lipinski definition) is 0. The van der Waals surface area contributed by atoms with Crippen LogP contribution in [0.1, 0.15) is 196 Å². The van der Waals surface area contributed by atoms with Crippen LogP contribution in [0.15, 0.2) is 36.0 Å². The molecule has 5 rings (SSSR count). The summed E-state index contributed by atoms with van der Waals surface area (Å²) in [7, 11) is 0. The van der Waals surface area contributed by atoms with Gasteiger partial charge in [-0.1, -0.05) is 135 Å². The van der Waals surface area contributed by atoms with Gasteiger partial charge in [-0.05, 0) is 143 Å². The van der Waals surface area contributed by atoms with E-state index in [0.717, 1.165) is 87.7 Å². The molecule has 6 nitrogen and oxygen atoms in total. The molecule has 0 aromatic heterocycles. The van der Waals surface area contributed by atoms with E-state index < -0.39 is 0 Å². The minimum Gasteiger partial charge on any atom is -0.379 e. The Morgan fingerprint density at radius 1 is 0.778 bits per heavy atom. The maximum atomic E-state index is 6.52. The Bertz CT molecular complexity index is 1310. The second kappa shape index (κ2) is 29.0. The third-order valence-electron chi connectivity index (χ3n) is 17.2. The van der Waals surface area contributed by atoms with Gasteiger partial charge in [-0.2, -0.15) is 0 Å². The molecule has 0 spiro atoms. The molecule has 1 aliphatic heterocycles. The van der Waals surface area contributed by atoms with Gasteiger partial charge in [-0.15, -0.1) is 0 Å². The van der Waals surface area contributed by atoms with E-state index in [1.54, 1.807) is 5.57 Å². The molecule has 4 aliphatic carbocycles. The van der Waals surface area contributed by atoms with E-state index in [1.807, 2.05) is 0 Å². The first-order valence-corrected chi connectivity index (χ1v) is 27.4. The predicted octanol–water partition coefficient (Wildman–Crippen LogP) is 14.4. The molecule has 0 aromatic rings. The number of morpholine rings is 1. The molecule has 1 unspecified atom stereocenters. The Morgan fingerprint density at radius 3 is 2.32 bits per heavy atom. The third-order valence-corrected chi connectivity index (χ3v) is 17.2. The molecule has 1 heterocycles. The number of rotatable bonds is 32. The number of nitrogens with zero attached hydrogens (tertiary/aromatic N) is 1. The molecule has 0 aromatic carbocycles. The van der Waals surface area contributed by atoms with Crippen LogP contribution in [0, 0.1) is 46.3 Å². The van der Waals surface area contributed by atoms with Crippen molar-refractivity contribution in [2.45, 2.75) is 214 Å². The molecule has 0 radical (unpaired) electrons. The maximum Gasteiger partial charge on any atom is 0.0936 e. The molecule has 5 aliphatic rings. The Balaban J connectivity index is 0.925. The van der Waals surface area contributed by atoms with Gasteiger partial charge in [-0.25, -0.2) is 0 Å². The van der Waals surface area contributed by atoms with Crippen LogP contribution in [0.5, 0.6) is 0 Å². The van der Waals surface area contributed by atoms with E-state index in [0.29, 0.717) is 56.0 Å². The summed E-state index contributed by atoms with van der Waals surface area (Å²) in [5.41, 5.74) is 2.66. The van der Waals surface area contributed by atoms with E-state index in [1.165, 1.54) is 128 Å². The van der Waals surface area contributed by atoms with Crippen molar-refractivity contribution < 1.29 is 23.7 Å². The summed E-state index contributed by atoms with van der Waals surface area (Å²) in [5.74, 6) is 5.33. The average molecular weight is 880 g/mol. The summed E-state index contributed by atoms with van der Waals surface area (Å²) in [6.45, 7) is 24.6. The lowest BCUT2D eigenvalue weighted by atomic mass is 9.47. The number of hydrogen-bond acceptors (Lipinski definition) is 6. The van der Waals surface area contributed by atoms with Crippen LogP contribution in [0.25, 0.3) is 0 Å². The molecule has 0 N–H and O–H groups in total. The van der Waals surface area contributed by atoms with Crippen LogP contribution >= 0.6 is 0 Å². The van der Waals surface area contributed by atoms with Gasteiger partial charge >= 0.3 is 0 Å². The Kier molecular flexibility index (Phi) is 24.4. The second-order valence-corrected chi connectivity index (χ2v) is 22.2. The molecule has 3 saturated carbocycles. The SMILES string of the molecule is CCCCCC=CCC=CCCCCCCCCOCC(CN1CCOC[C@@H]1C)OCCOCCO[C@H]1CC[C@@]2(C)C(=CC[C@H]3[C@@H]4CC[C@H]([C@H](C)CCCC(C)C)[C@@]4(C)CC[C@@H]32)C1. The molecule has 1 saturated heterocycles. The first kappa shape index (κ1) is 52.9. The molecule has 63 heavy (non-hydrogen) atoms. The lowest BCUT2D eigenvalue weighted by molar-refractivity contribution is -0.0812. The van der Waals surface area contributed by atoms with Crippen LogP contribution in [0.4, 0.5) is 0 Å². The minimum atomic E-state index is 0.0473. The number of unbranched alkanes of at least 4 members (excludes halogenated alkanes) is 9. The molecule has 364 valence electrons. The van der Waals surface area contributed by atoms with Crippen molar-refractivity contribution in [1.29, 1.82) is 0 Å². The standard InChI is InChI=1S/C57H101NO5/c1-8-9-10-11-12-13-14-15-16-17-18-19-20-21-22-23-36-60-45-51(43-58-35-37-61-44-48(58)5)63-41-39-59-38-40-62-50-31-33-56(6)49(42-50)27-28-52-54-30-29-53(47(4)26-24-25-46(2)3)57(54,7)34-32-55(52)56/h12-13,15-16,27,46-48,50-55H,8-11,14,17-26,28-45H2,1-7H3/t47-,48+,50+,51?,52+,53-,54+,55+,56+,57-/m1/s1. The zero-order valence-electron chi connectivity index (χ0n) is 42.4. The zero-order valence-corrected chi connectivity index (χ0v) is 42.4. The number of allylic oxidation sites excluding steroid dienone is 5. The molecular weight excluding hydrogens is 779 g/mol. The fourth-order valence-corrected chi connectivity index (χ4v) is 13.3. The molecule has 0 bridgehead atoms. The van der Waals surface area contributed by atoms with Gasteiger partial charge < -0.3 is 23.7 Å². The van der Waals surface area contributed by atoms with Crippen LogP contribution < -0.4 is 0 Å². The first-order chi connectivity index (χ1) is 30.7. The lowest BCUT2D eigenvalue weighted by Gasteiger charge is -2.58. The maximum absolute atomic E-state index is 6.52. The average Bonchev–Trinajstić information content (AvgIpc) is 3.63. The highest BCUT2D eigenvalue weighted by atomic mass is 16.6. The van der Waals surface area contributed by atoms with E-state index in [9.17, 15) is 0 Å². The largest absolute Gasteiger partial charge is 0.379 e. The topological polar surface area (TPSA) is 49.4 Å². The highest BCUT2D eigenvalue weighted by Gasteiger charge is 2.59. The van der Waals surface area contributed by atoms with Gasteiger partial charge in [0.05, 0.1) is 58.5 Å². The lowest BCUT2D eigenvalue weighted by Crippen LogP contribution is -2.51. The van der Waals surface area contributed by atoms with Crippen molar-refractivity contribution in [3.05, 3.63) is 36.0 Å². The summed E-state index contributed by atoms with van der Waals surface area (Å²) in [4.78, 5) is 2.50. The normalized spacial score (nSPS) is 31.1. The Morgan fingerprint density at radius 2 is 1.54 bits per heavy atom. The second-order valence-electron chi connectivity index (χ2n) is 22.2. The monoisotopic (exact) mass is 880 g/mol. The van der Waals surface area contributed by atoms with E-state index in [2.05, 4.69) is 83.7 Å². The fraction of sp³-hybridized carbons (Fsp3) is 0.895. The van der Waals surface area contributed by atoms with Crippen LogP contribution in [-0.4, -0.2) is 89.1 Å². The fourth-order valence-electron chi connectivity index (χ4n) is 13.3. The smallest absolute Gasteiger partial charge is 0.0936 e. The van der Waals surface area contributed by atoms with Crippen molar-refractivity contribution in [3.63, 3.8) is 0 Å². The van der Waals surface area contributed by atoms with Gasteiger partial charge in [0.1, 0.15) is 0 Å².